The number of ether oxygens (including phenoxy) is 2. The lowest BCUT2D eigenvalue weighted by Gasteiger charge is -2.03. The minimum absolute atomic E-state index is 0.0632. The molecule has 0 atom stereocenters. The Balaban J connectivity index is 3.85. The average molecular weight is 216 g/mol. The van der Waals surface area contributed by atoms with Crippen molar-refractivity contribution in [1.82, 2.24) is 0 Å². The zero-order valence-electron chi connectivity index (χ0n) is 9.39. The molecule has 0 saturated heterocycles. The second-order valence-corrected chi connectivity index (χ2v) is 3.39. The van der Waals surface area contributed by atoms with Gasteiger partial charge in [0.15, 0.2) is 0 Å². The van der Waals surface area contributed by atoms with Crippen molar-refractivity contribution in [1.29, 1.82) is 0 Å². The topological polar surface area (TPSA) is 77.3 Å². The lowest BCUT2D eigenvalue weighted by Crippen LogP contribution is -2.12. The first-order valence-corrected chi connectivity index (χ1v) is 4.68. The minimum Gasteiger partial charge on any atom is -0.444 e. The van der Waals surface area contributed by atoms with Gasteiger partial charge in [0.1, 0.15) is 6.61 Å². The van der Waals surface area contributed by atoms with Gasteiger partial charge in [-0.1, -0.05) is 5.11 Å². The SMILES string of the molecule is CC(C)OCC(=O)N=NC(=O)OC(C)C. The van der Waals surface area contributed by atoms with Crippen LogP contribution in [0.1, 0.15) is 27.7 Å². The first-order chi connectivity index (χ1) is 6.91. The van der Waals surface area contributed by atoms with Gasteiger partial charge in [0, 0.05) is 0 Å². The Hall–Kier alpha value is -1.30. The van der Waals surface area contributed by atoms with Crippen LogP contribution in [-0.2, 0) is 14.3 Å². The zero-order valence-corrected chi connectivity index (χ0v) is 9.39. The van der Waals surface area contributed by atoms with Crippen LogP contribution >= 0.6 is 0 Å². The Morgan fingerprint density at radius 3 is 2.13 bits per heavy atom. The van der Waals surface area contributed by atoms with E-state index >= 15 is 0 Å². The average Bonchev–Trinajstić information content (AvgIpc) is 2.10. The van der Waals surface area contributed by atoms with Crippen molar-refractivity contribution in [3.63, 3.8) is 0 Å². The van der Waals surface area contributed by atoms with E-state index < -0.39 is 12.0 Å². The first kappa shape index (κ1) is 13.7. The van der Waals surface area contributed by atoms with E-state index in [2.05, 4.69) is 15.0 Å². The Labute approximate surface area is 88.7 Å². The summed E-state index contributed by atoms with van der Waals surface area (Å²) >= 11 is 0. The summed E-state index contributed by atoms with van der Waals surface area (Å²) in [6, 6.07) is 0. The number of hydrogen-bond donors (Lipinski definition) is 0. The van der Waals surface area contributed by atoms with Crippen LogP contribution < -0.4 is 0 Å². The zero-order chi connectivity index (χ0) is 11.8. The Morgan fingerprint density at radius 2 is 1.67 bits per heavy atom. The predicted octanol–water partition coefficient (Wildman–Crippen LogP) is 1.94. The van der Waals surface area contributed by atoms with Crippen molar-refractivity contribution in [3.05, 3.63) is 0 Å². The number of azo groups is 1. The molecule has 0 N–H and O–H groups in total. The van der Waals surface area contributed by atoms with E-state index in [1.165, 1.54) is 0 Å². The predicted molar refractivity (Wildman–Crippen MR) is 52.6 cm³/mol. The van der Waals surface area contributed by atoms with Gasteiger partial charge in [0.25, 0.3) is 5.91 Å². The fraction of sp³-hybridized carbons (Fsp3) is 0.778. The van der Waals surface area contributed by atoms with Gasteiger partial charge < -0.3 is 9.47 Å². The second-order valence-electron chi connectivity index (χ2n) is 3.39. The van der Waals surface area contributed by atoms with E-state index in [1.807, 2.05) is 0 Å². The summed E-state index contributed by atoms with van der Waals surface area (Å²) in [5, 5.41) is 6.21. The van der Waals surface area contributed by atoms with E-state index in [9.17, 15) is 9.59 Å². The summed E-state index contributed by atoms with van der Waals surface area (Å²) < 4.78 is 9.60. The van der Waals surface area contributed by atoms with E-state index in [1.54, 1.807) is 27.7 Å². The molecule has 0 heterocycles. The molecular formula is C9H16N2O4. The summed E-state index contributed by atoms with van der Waals surface area (Å²) in [5.74, 6) is -0.607. The van der Waals surface area contributed by atoms with E-state index in [4.69, 9.17) is 4.74 Å². The lowest BCUT2D eigenvalue weighted by atomic mass is 10.5. The molecule has 0 rings (SSSR count). The van der Waals surface area contributed by atoms with Gasteiger partial charge in [0.2, 0.25) is 0 Å². The highest BCUT2D eigenvalue weighted by Gasteiger charge is 2.05. The van der Waals surface area contributed by atoms with Crippen LogP contribution in [0.25, 0.3) is 0 Å². The van der Waals surface area contributed by atoms with E-state index in [0.29, 0.717) is 0 Å². The van der Waals surface area contributed by atoms with Gasteiger partial charge in [0.05, 0.1) is 12.2 Å². The largest absolute Gasteiger partial charge is 0.452 e. The van der Waals surface area contributed by atoms with Crippen LogP contribution in [0.4, 0.5) is 4.79 Å². The van der Waals surface area contributed by atoms with Crippen LogP contribution in [0.2, 0.25) is 0 Å². The van der Waals surface area contributed by atoms with Gasteiger partial charge in [-0.25, -0.2) is 4.79 Å². The summed E-state index contributed by atoms with van der Waals surface area (Å²) in [5.41, 5.74) is 0. The van der Waals surface area contributed by atoms with E-state index in [-0.39, 0.29) is 18.8 Å². The van der Waals surface area contributed by atoms with Crippen molar-refractivity contribution in [3.8, 4) is 0 Å². The standard InChI is InChI=1S/C9H16N2O4/c1-6(2)14-5-8(12)10-11-9(13)15-7(3)4/h6-7H,5H2,1-4H3. The maximum Gasteiger partial charge on any atom is 0.452 e. The van der Waals surface area contributed by atoms with Gasteiger partial charge in [-0.05, 0) is 27.7 Å². The summed E-state index contributed by atoms with van der Waals surface area (Å²) in [7, 11) is 0. The van der Waals surface area contributed by atoms with Crippen LogP contribution in [0, 0.1) is 0 Å². The maximum absolute atomic E-state index is 10.9. The molecule has 0 fully saturated rings. The number of nitrogens with zero attached hydrogens (tertiary/aromatic N) is 2. The van der Waals surface area contributed by atoms with Gasteiger partial charge in [-0.2, -0.15) is 0 Å². The third kappa shape index (κ3) is 9.01. The molecule has 0 aromatic carbocycles. The first-order valence-electron chi connectivity index (χ1n) is 4.68. The summed E-state index contributed by atoms with van der Waals surface area (Å²) in [6.07, 6.45) is -1.21. The van der Waals surface area contributed by atoms with Crippen molar-refractivity contribution in [2.45, 2.75) is 39.9 Å². The monoisotopic (exact) mass is 216 g/mol. The van der Waals surface area contributed by atoms with Gasteiger partial charge in [-0.15, -0.1) is 5.11 Å². The molecule has 0 aromatic heterocycles. The number of carbonyl (C=O) groups is 2. The second kappa shape index (κ2) is 7.05. The van der Waals surface area contributed by atoms with Crippen LogP contribution in [-0.4, -0.2) is 30.8 Å². The molecule has 6 nitrogen and oxygen atoms in total. The van der Waals surface area contributed by atoms with Crippen molar-refractivity contribution < 1.29 is 19.1 Å². The highest BCUT2D eigenvalue weighted by atomic mass is 16.6. The van der Waals surface area contributed by atoms with Crippen molar-refractivity contribution in [2.75, 3.05) is 6.61 Å². The van der Waals surface area contributed by atoms with Gasteiger partial charge >= 0.3 is 6.09 Å². The van der Waals surface area contributed by atoms with Crippen molar-refractivity contribution in [2.24, 2.45) is 10.2 Å². The Kier molecular flexibility index (Phi) is 6.44. The van der Waals surface area contributed by atoms with Crippen LogP contribution in [0.5, 0.6) is 0 Å². The summed E-state index contributed by atoms with van der Waals surface area (Å²) in [6.45, 7) is 6.75. The maximum atomic E-state index is 10.9. The highest BCUT2D eigenvalue weighted by Crippen LogP contribution is 1.94. The molecule has 0 aliphatic heterocycles. The molecule has 0 spiro atoms. The molecule has 6 heteroatoms. The molecule has 0 saturated carbocycles. The molecule has 0 radical (unpaired) electrons. The van der Waals surface area contributed by atoms with Crippen molar-refractivity contribution >= 4 is 12.0 Å². The van der Waals surface area contributed by atoms with Crippen LogP contribution in [0.15, 0.2) is 10.2 Å². The minimum atomic E-state index is -0.872. The molecule has 0 bridgehead atoms. The Bertz CT molecular complexity index is 248. The number of amides is 2. The lowest BCUT2D eigenvalue weighted by molar-refractivity contribution is -0.124. The molecule has 15 heavy (non-hydrogen) atoms. The Morgan fingerprint density at radius 1 is 1.07 bits per heavy atom. The third-order valence-corrected chi connectivity index (χ3v) is 1.12. The fourth-order valence-corrected chi connectivity index (χ4v) is 0.589. The van der Waals surface area contributed by atoms with Crippen LogP contribution in [0.3, 0.4) is 0 Å². The number of hydrogen-bond acceptors (Lipinski definition) is 4. The molecule has 0 aromatic rings. The molecule has 2 amide bonds. The molecule has 0 unspecified atom stereocenters. The highest BCUT2D eigenvalue weighted by molar-refractivity contribution is 5.79. The molecule has 86 valence electrons. The fourth-order valence-electron chi connectivity index (χ4n) is 0.589. The number of carbonyl (C=O) groups excluding carboxylic acids is 2. The number of rotatable bonds is 4. The third-order valence-electron chi connectivity index (χ3n) is 1.12. The molecule has 0 aliphatic rings. The molecule has 0 aliphatic carbocycles. The summed E-state index contributed by atoms with van der Waals surface area (Å²) in [4.78, 5) is 21.8. The molecular weight excluding hydrogens is 200 g/mol. The smallest absolute Gasteiger partial charge is 0.444 e. The van der Waals surface area contributed by atoms with Gasteiger partial charge in [-0.3, -0.25) is 4.79 Å². The van der Waals surface area contributed by atoms with E-state index in [0.717, 1.165) is 0 Å². The normalized spacial score (nSPS) is 11.3. The quantitative estimate of drug-likeness (QED) is 0.673.